The highest BCUT2D eigenvalue weighted by atomic mass is 79.9. The lowest BCUT2D eigenvalue weighted by atomic mass is 9.90. The van der Waals surface area contributed by atoms with Crippen molar-refractivity contribution >= 4 is 27.7 Å². The maximum atomic E-state index is 14.4. The molecule has 0 aliphatic carbocycles. The van der Waals surface area contributed by atoms with E-state index < -0.39 is 48.3 Å². The van der Waals surface area contributed by atoms with Crippen LogP contribution >= 0.6 is 15.9 Å². The van der Waals surface area contributed by atoms with Crippen LogP contribution in [-0.2, 0) is 4.74 Å². The van der Waals surface area contributed by atoms with Crippen molar-refractivity contribution < 1.29 is 31.8 Å². The summed E-state index contributed by atoms with van der Waals surface area (Å²) in [5.41, 5.74) is 1.54. The molecule has 0 aromatic carbocycles. The van der Waals surface area contributed by atoms with Crippen LogP contribution in [0.4, 0.5) is 17.6 Å². The van der Waals surface area contributed by atoms with Crippen molar-refractivity contribution in [1.29, 1.82) is 0 Å². The van der Waals surface area contributed by atoms with Crippen molar-refractivity contribution in [2.45, 2.75) is 12.0 Å². The quantitative estimate of drug-likeness (QED) is 0.416. The second-order valence-corrected chi connectivity index (χ2v) is 7.16. The number of aromatic nitrogens is 1. The fraction of sp³-hybridized carbons (Fsp3) is 0.316. The molecule has 1 aromatic rings. The van der Waals surface area contributed by atoms with Gasteiger partial charge in [-0.1, -0.05) is 6.58 Å². The molecule has 2 heterocycles. The number of nitrogens with two attached hydrogens (primary N) is 1. The number of pyridine rings is 1. The number of nitrogens with zero attached hydrogens (tertiary/aromatic N) is 2. The van der Waals surface area contributed by atoms with Gasteiger partial charge in [-0.3, -0.25) is 9.79 Å². The molecule has 1 aliphatic rings. The minimum absolute atomic E-state index is 0.0574. The monoisotopic (exact) mass is 506 g/mol. The molecular weight excluding hydrogens is 488 g/mol. The van der Waals surface area contributed by atoms with Crippen LogP contribution in [0, 0.1) is 0 Å². The van der Waals surface area contributed by atoms with E-state index >= 15 is 0 Å². The molecule has 7 nitrogen and oxygen atoms in total. The van der Waals surface area contributed by atoms with Crippen molar-refractivity contribution in [3.63, 3.8) is 0 Å². The van der Waals surface area contributed by atoms with E-state index in [2.05, 4.69) is 37.8 Å². The molecule has 31 heavy (non-hydrogen) atoms. The second-order valence-electron chi connectivity index (χ2n) is 6.25. The Morgan fingerprint density at radius 3 is 2.81 bits per heavy atom. The lowest BCUT2D eigenvalue weighted by molar-refractivity contribution is 0.00585. The number of nitrogens with one attached hydrogen (secondary N) is 1. The Labute approximate surface area is 183 Å². The maximum Gasteiger partial charge on any atom is 0.278 e. The fourth-order valence-corrected chi connectivity index (χ4v) is 3.02. The predicted octanol–water partition coefficient (Wildman–Crippen LogP) is 3.24. The number of ether oxygens (including phenoxy) is 2. The molecule has 1 aliphatic heterocycles. The summed E-state index contributed by atoms with van der Waals surface area (Å²) in [5.74, 6) is -2.25. The lowest BCUT2D eigenvalue weighted by Crippen LogP contribution is -2.49. The van der Waals surface area contributed by atoms with E-state index in [0.29, 0.717) is 4.47 Å². The minimum Gasteiger partial charge on any atom is -0.494 e. The van der Waals surface area contributed by atoms with Crippen molar-refractivity contribution in [2.75, 3.05) is 27.0 Å². The Hall–Kier alpha value is -2.73. The van der Waals surface area contributed by atoms with E-state index in [1.165, 1.54) is 19.4 Å². The van der Waals surface area contributed by atoms with Gasteiger partial charge in [-0.05, 0) is 39.7 Å². The van der Waals surface area contributed by atoms with Gasteiger partial charge >= 0.3 is 0 Å². The molecule has 168 valence electrons. The molecule has 0 bridgehead atoms. The third-order valence-corrected chi connectivity index (χ3v) is 4.67. The van der Waals surface area contributed by atoms with E-state index in [4.69, 9.17) is 15.2 Å². The summed E-state index contributed by atoms with van der Waals surface area (Å²) in [4.78, 5) is 20.2. The number of carbonyl (C=O) groups excluding carboxylic acids is 1. The number of rotatable bonds is 8. The van der Waals surface area contributed by atoms with Crippen LogP contribution in [0.15, 0.2) is 57.6 Å². The summed E-state index contributed by atoms with van der Waals surface area (Å²) in [6, 6.07) is 1.45. The summed E-state index contributed by atoms with van der Waals surface area (Å²) in [7, 11) is 1.29. The van der Waals surface area contributed by atoms with Crippen LogP contribution < -0.4 is 15.8 Å². The van der Waals surface area contributed by atoms with E-state index in [0.717, 1.165) is 12.2 Å². The fourth-order valence-electron chi connectivity index (χ4n) is 2.70. The number of hydrogen-bond donors (Lipinski definition) is 2. The zero-order valence-electron chi connectivity index (χ0n) is 16.3. The highest BCUT2D eigenvalue weighted by Crippen LogP contribution is 2.33. The van der Waals surface area contributed by atoms with Crippen molar-refractivity contribution in [3.05, 3.63) is 58.3 Å². The van der Waals surface area contributed by atoms with Gasteiger partial charge in [0.25, 0.3) is 12.3 Å². The molecule has 1 atom stereocenters. The van der Waals surface area contributed by atoms with Gasteiger partial charge in [-0.2, -0.15) is 0 Å². The molecule has 0 saturated carbocycles. The number of amidine groups is 1. The van der Waals surface area contributed by atoms with Gasteiger partial charge in [-0.15, -0.1) is 0 Å². The predicted molar refractivity (Wildman–Crippen MR) is 110 cm³/mol. The van der Waals surface area contributed by atoms with Crippen LogP contribution in [0.2, 0.25) is 0 Å². The first-order valence-electron chi connectivity index (χ1n) is 8.68. The Balaban J connectivity index is 2.51. The van der Waals surface area contributed by atoms with Crippen molar-refractivity contribution in [1.82, 2.24) is 10.3 Å². The van der Waals surface area contributed by atoms with E-state index in [1.807, 2.05) is 0 Å². The number of methoxy groups -OCH3 is 1. The first-order chi connectivity index (χ1) is 14.7. The van der Waals surface area contributed by atoms with E-state index in [-0.39, 0.29) is 23.9 Å². The largest absolute Gasteiger partial charge is 0.494 e. The van der Waals surface area contributed by atoms with Gasteiger partial charge in [0.05, 0.1) is 19.4 Å². The number of hydrogen-bond acceptors (Lipinski definition) is 6. The number of alkyl halides is 3. The van der Waals surface area contributed by atoms with E-state index in [1.54, 1.807) is 0 Å². The second kappa shape index (κ2) is 10.5. The topological polar surface area (TPSA) is 98.8 Å². The zero-order valence-corrected chi connectivity index (χ0v) is 17.9. The van der Waals surface area contributed by atoms with Crippen LogP contribution in [0.3, 0.4) is 0 Å². The summed E-state index contributed by atoms with van der Waals surface area (Å²) in [6.45, 7) is 0.921. The molecule has 0 fully saturated rings. The van der Waals surface area contributed by atoms with Crippen LogP contribution in [0.5, 0.6) is 5.75 Å². The number of aliphatic imine (C=N–C) groups is 1. The average molecular weight is 507 g/mol. The normalized spacial score (nSPS) is 20.1. The van der Waals surface area contributed by atoms with Gasteiger partial charge in [0, 0.05) is 10.7 Å². The highest BCUT2D eigenvalue weighted by Gasteiger charge is 2.46. The molecule has 0 radical (unpaired) electrons. The number of allylic oxidation sites excluding steroid dienone is 3. The average Bonchev–Trinajstić information content (AvgIpc) is 2.75. The smallest absolute Gasteiger partial charge is 0.278 e. The zero-order chi connectivity index (χ0) is 23.2. The van der Waals surface area contributed by atoms with E-state index in [9.17, 15) is 22.4 Å². The first-order valence-corrected chi connectivity index (χ1v) is 9.48. The lowest BCUT2D eigenvalue weighted by Gasteiger charge is -2.34. The van der Waals surface area contributed by atoms with Crippen LogP contribution in [-0.4, -0.2) is 55.7 Å². The number of halogens is 5. The number of carbonyl (C=O) groups is 1. The third-order valence-electron chi connectivity index (χ3n) is 4.23. The number of amides is 1. The molecule has 1 amide bonds. The van der Waals surface area contributed by atoms with Gasteiger partial charge < -0.3 is 20.5 Å². The molecular formula is C19H19BrF4N4O3. The molecule has 0 saturated heterocycles. The summed E-state index contributed by atoms with van der Waals surface area (Å²) < 4.78 is 66.6. The Kier molecular flexibility index (Phi) is 8.34. The summed E-state index contributed by atoms with van der Waals surface area (Å²) >= 11 is 3.17. The SMILES string of the molecule is C=CC(F)=C(C=C(CF)C1(C(F)F)COCC(N)=N1)NC(=O)c1ncc(Br)cc1OC. The summed E-state index contributed by atoms with van der Waals surface area (Å²) in [6.07, 6.45) is -0.475. The Bertz CT molecular complexity index is 952. The Morgan fingerprint density at radius 2 is 2.26 bits per heavy atom. The van der Waals surface area contributed by atoms with Gasteiger partial charge in [-0.25, -0.2) is 22.5 Å². The highest BCUT2D eigenvalue weighted by molar-refractivity contribution is 9.10. The molecule has 12 heteroatoms. The molecule has 1 unspecified atom stereocenters. The third kappa shape index (κ3) is 5.50. The standard InChI is InChI=1S/C19H19BrF4N4O3/c1-3-12(22)13(27-17(29)16-14(30-2)5-11(20)7-26-16)4-10(6-21)19(18(23)24)9-31-8-15(25)28-19/h3-5,7,18H,1,6,8-9H2,2H3,(H2,25,28)(H,27,29). The molecule has 0 spiro atoms. The molecule has 3 N–H and O–H groups in total. The maximum absolute atomic E-state index is 14.4. The van der Waals surface area contributed by atoms with Gasteiger partial charge in [0.15, 0.2) is 17.0 Å². The van der Waals surface area contributed by atoms with Crippen LogP contribution in [0.25, 0.3) is 0 Å². The first kappa shape index (κ1) is 24.5. The van der Waals surface area contributed by atoms with Gasteiger partial charge in [0.1, 0.15) is 24.9 Å². The van der Waals surface area contributed by atoms with Crippen molar-refractivity contribution in [3.8, 4) is 5.75 Å². The van der Waals surface area contributed by atoms with Crippen LogP contribution in [0.1, 0.15) is 10.5 Å². The Morgan fingerprint density at radius 1 is 1.55 bits per heavy atom. The summed E-state index contributed by atoms with van der Waals surface area (Å²) in [5, 5.41) is 2.18. The molecule has 2 rings (SSSR count). The van der Waals surface area contributed by atoms with Crippen molar-refractivity contribution in [2.24, 2.45) is 10.7 Å². The van der Waals surface area contributed by atoms with Gasteiger partial charge in [0.2, 0.25) is 0 Å². The minimum atomic E-state index is -3.22. The molecule has 1 aromatic heterocycles.